The lowest BCUT2D eigenvalue weighted by Crippen LogP contribution is -2.24. The van der Waals surface area contributed by atoms with Crippen molar-refractivity contribution in [2.24, 2.45) is 0 Å². The summed E-state index contributed by atoms with van der Waals surface area (Å²) in [5.74, 6) is 0. The topological polar surface area (TPSA) is 78.0 Å². The summed E-state index contributed by atoms with van der Waals surface area (Å²) >= 11 is 0. The maximum Gasteiger partial charge on any atom is 0.277 e. The summed E-state index contributed by atoms with van der Waals surface area (Å²) in [5.41, 5.74) is 4.87. The van der Waals surface area contributed by atoms with E-state index in [9.17, 15) is 14.9 Å². The summed E-state index contributed by atoms with van der Waals surface area (Å²) in [5, 5.41) is 11.2. The molecule has 0 spiro atoms. The van der Waals surface area contributed by atoms with Crippen molar-refractivity contribution in [3.05, 3.63) is 104 Å². The Hall–Kier alpha value is -3.80. The minimum Gasteiger partial charge on any atom is -0.300 e. The molecule has 6 nitrogen and oxygen atoms in total. The van der Waals surface area contributed by atoms with Crippen LogP contribution < -0.4 is 5.56 Å². The Labute approximate surface area is 167 Å². The molecule has 0 saturated heterocycles. The molecule has 0 saturated carbocycles. The molecule has 0 aliphatic heterocycles. The van der Waals surface area contributed by atoms with Crippen LogP contribution in [0.3, 0.4) is 0 Å². The smallest absolute Gasteiger partial charge is 0.277 e. The van der Waals surface area contributed by atoms with Gasteiger partial charge in [0.15, 0.2) is 0 Å². The van der Waals surface area contributed by atoms with Crippen LogP contribution in [-0.2, 0) is 6.54 Å². The second-order valence-electron chi connectivity index (χ2n) is 7.07. The minimum absolute atomic E-state index is 0.0708. The average Bonchev–Trinajstić information content (AvgIpc) is 2.72. The first kappa shape index (κ1) is 18.6. The largest absolute Gasteiger partial charge is 0.300 e. The Balaban J connectivity index is 2.00. The number of aromatic nitrogens is 2. The Morgan fingerprint density at radius 2 is 1.69 bits per heavy atom. The van der Waals surface area contributed by atoms with Gasteiger partial charge in [-0.3, -0.25) is 14.9 Å². The van der Waals surface area contributed by atoms with E-state index in [2.05, 4.69) is 4.98 Å². The lowest BCUT2D eigenvalue weighted by atomic mass is 10.1. The zero-order valence-electron chi connectivity index (χ0n) is 16.1. The van der Waals surface area contributed by atoms with E-state index >= 15 is 0 Å². The molecule has 0 N–H and O–H groups in total. The number of rotatable bonds is 4. The second-order valence-corrected chi connectivity index (χ2v) is 7.07. The van der Waals surface area contributed by atoms with Crippen molar-refractivity contribution in [3.8, 4) is 11.3 Å². The number of nitro groups is 1. The molecule has 0 bridgehead atoms. The summed E-state index contributed by atoms with van der Waals surface area (Å²) < 4.78 is 1.69. The molecule has 29 heavy (non-hydrogen) atoms. The van der Waals surface area contributed by atoms with Crippen LogP contribution in [0.25, 0.3) is 22.3 Å². The molecule has 1 aromatic heterocycles. The van der Waals surface area contributed by atoms with Crippen LogP contribution in [-0.4, -0.2) is 14.5 Å². The van der Waals surface area contributed by atoms with Crippen LogP contribution in [0.5, 0.6) is 0 Å². The van der Waals surface area contributed by atoms with Gasteiger partial charge in [0.2, 0.25) is 0 Å². The van der Waals surface area contributed by atoms with E-state index in [1.165, 1.54) is 12.1 Å². The molecule has 0 amide bonds. The van der Waals surface area contributed by atoms with E-state index in [-0.39, 0.29) is 16.9 Å². The van der Waals surface area contributed by atoms with Crippen LogP contribution in [0, 0.1) is 24.0 Å². The predicted octanol–water partition coefficient (Wildman–Crippen LogP) is 4.64. The highest BCUT2D eigenvalue weighted by Crippen LogP contribution is 2.24. The molecule has 144 valence electrons. The van der Waals surface area contributed by atoms with Crippen molar-refractivity contribution in [1.29, 1.82) is 0 Å². The fourth-order valence-electron chi connectivity index (χ4n) is 3.37. The fourth-order valence-corrected chi connectivity index (χ4v) is 3.37. The van der Waals surface area contributed by atoms with Gasteiger partial charge in [0, 0.05) is 17.7 Å². The van der Waals surface area contributed by atoms with Gasteiger partial charge in [0.1, 0.15) is 5.69 Å². The molecule has 0 radical (unpaired) electrons. The van der Waals surface area contributed by atoms with Gasteiger partial charge >= 0.3 is 0 Å². The van der Waals surface area contributed by atoms with E-state index in [1.54, 1.807) is 16.7 Å². The summed E-state index contributed by atoms with van der Waals surface area (Å²) in [6, 6.07) is 19.7. The molecule has 0 atom stereocenters. The second kappa shape index (κ2) is 7.31. The van der Waals surface area contributed by atoms with Crippen LogP contribution in [0.15, 0.2) is 71.5 Å². The molecule has 0 fully saturated rings. The quantitative estimate of drug-likeness (QED) is 0.379. The van der Waals surface area contributed by atoms with Gasteiger partial charge < -0.3 is 4.57 Å². The Bertz CT molecular complexity index is 1290. The summed E-state index contributed by atoms with van der Waals surface area (Å²) in [6.07, 6.45) is 0. The molecule has 4 rings (SSSR count). The van der Waals surface area contributed by atoms with Crippen molar-refractivity contribution in [2.75, 3.05) is 0 Å². The third kappa shape index (κ3) is 3.52. The van der Waals surface area contributed by atoms with Crippen molar-refractivity contribution in [3.63, 3.8) is 0 Å². The number of hydrogen-bond acceptors (Lipinski definition) is 4. The predicted molar refractivity (Wildman–Crippen MR) is 113 cm³/mol. The van der Waals surface area contributed by atoms with Gasteiger partial charge in [-0.2, -0.15) is 0 Å². The lowest BCUT2D eigenvalue weighted by molar-refractivity contribution is -0.384. The minimum atomic E-state index is -0.472. The van der Waals surface area contributed by atoms with E-state index in [0.29, 0.717) is 17.6 Å². The van der Waals surface area contributed by atoms with Crippen LogP contribution >= 0.6 is 0 Å². The molecule has 4 aromatic rings. The normalized spacial score (nSPS) is 11.0. The van der Waals surface area contributed by atoms with E-state index in [1.807, 2.05) is 56.3 Å². The highest BCUT2D eigenvalue weighted by Gasteiger charge is 2.16. The molecular formula is C23H19N3O3. The molecular weight excluding hydrogens is 366 g/mol. The van der Waals surface area contributed by atoms with E-state index in [0.717, 1.165) is 22.2 Å². The number of nitro benzene ring substituents is 1. The fraction of sp³-hybridized carbons (Fsp3) is 0.130. The number of non-ortho nitro benzene ring substituents is 1. The van der Waals surface area contributed by atoms with Crippen molar-refractivity contribution in [1.82, 2.24) is 9.55 Å². The monoisotopic (exact) mass is 385 g/mol. The van der Waals surface area contributed by atoms with Crippen LogP contribution in [0.2, 0.25) is 0 Å². The standard InChI is InChI=1S/C23H19N3O3/c1-15-11-20-21(12-16(15)2)25(14-17-7-4-3-5-8-17)23(27)22(24-20)18-9-6-10-19(13-18)26(28)29/h3-13H,14H2,1-2H3. The van der Waals surface area contributed by atoms with Crippen molar-refractivity contribution >= 4 is 16.7 Å². The third-order valence-electron chi connectivity index (χ3n) is 5.08. The van der Waals surface area contributed by atoms with Gasteiger partial charge in [-0.25, -0.2) is 4.98 Å². The zero-order chi connectivity index (χ0) is 20.5. The third-order valence-corrected chi connectivity index (χ3v) is 5.08. The molecule has 0 aliphatic rings. The number of fused-ring (bicyclic) bond motifs is 1. The van der Waals surface area contributed by atoms with Gasteiger partial charge in [-0.1, -0.05) is 42.5 Å². The molecule has 3 aromatic carbocycles. The highest BCUT2D eigenvalue weighted by atomic mass is 16.6. The number of aryl methyl sites for hydroxylation is 2. The first-order valence-electron chi connectivity index (χ1n) is 9.24. The molecule has 0 aliphatic carbocycles. The maximum absolute atomic E-state index is 13.4. The molecule has 1 heterocycles. The Kier molecular flexibility index (Phi) is 4.68. The number of nitrogens with zero attached hydrogens (tertiary/aromatic N) is 3. The summed E-state index contributed by atoms with van der Waals surface area (Å²) in [7, 11) is 0. The van der Waals surface area contributed by atoms with Crippen molar-refractivity contribution in [2.45, 2.75) is 20.4 Å². The SMILES string of the molecule is Cc1cc2nc(-c3cccc([N+](=O)[O-])c3)c(=O)n(Cc3ccccc3)c2cc1C. The van der Waals surface area contributed by atoms with E-state index < -0.39 is 4.92 Å². The zero-order valence-corrected chi connectivity index (χ0v) is 16.1. The Morgan fingerprint density at radius 3 is 2.41 bits per heavy atom. The summed E-state index contributed by atoms with van der Waals surface area (Å²) in [6.45, 7) is 4.39. The van der Waals surface area contributed by atoms with Crippen LogP contribution in [0.4, 0.5) is 5.69 Å². The van der Waals surface area contributed by atoms with Gasteiger partial charge in [0.25, 0.3) is 11.2 Å². The van der Waals surface area contributed by atoms with E-state index in [4.69, 9.17) is 0 Å². The molecule has 6 heteroatoms. The number of benzene rings is 3. The lowest BCUT2D eigenvalue weighted by Gasteiger charge is -2.14. The van der Waals surface area contributed by atoms with Crippen molar-refractivity contribution < 1.29 is 4.92 Å². The maximum atomic E-state index is 13.4. The Morgan fingerprint density at radius 1 is 0.966 bits per heavy atom. The average molecular weight is 385 g/mol. The first-order chi connectivity index (χ1) is 13.9. The van der Waals surface area contributed by atoms with Gasteiger partial charge in [-0.15, -0.1) is 0 Å². The molecule has 0 unspecified atom stereocenters. The van der Waals surface area contributed by atoms with Crippen LogP contribution in [0.1, 0.15) is 16.7 Å². The highest BCUT2D eigenvalue weighted by molar-refractivity contribution is 5.80. The number of hydrogen-bond donors (Lipinski definition) is 0. The summed E-state index contributed by atoms with van der Waals surface area (Å²) in [4.78, 5) is 28.7. The van der Waals surface area contributed by atoms with Gasteiger partial charge in [-0.05, 0) is 42.7 Å². The van der Waals surface area contributed by atoms with Gasteiger partial charge in [0.05, 0.1) is 22.5 Å². The first-order valence-corrected chi connectivity index (χ1v) is 9.24.